The zero-order valence-corrected chi connectivity index (χ0v) is 12.7. The van der Waals surface area contributed by atoms with Gasteiger partial charge in [-0.1, -0.05) is 60.7 Å². The molecular formula is C17H19NO5. The van der Waals surface area contributed by atoms with Gasteiger partial charge in [0.15, 0.2) is 6.04 Å². The van der Waals surface area contributed by atoms with E-state index in [1.165, 1.54) is 11.1 Å². The van der Waals surface area contributed by atoms with Crippen LogP contribution >= 0.6 is 0 Å². The fourth-order valence-corrected chi connectivity index (χ4v) is 1.65. The number of rotatable bonds is 4. The summed E-state index contributed by atoms with van der Waals surface area (Å²) in [7, 11) is 1.10. The Balaban J connectivity index is 0.000000232. The topological polar surface area (TPSA) is 95.9 Å². The van der Waals surface area contributed by atoms with E-state index in [-0.39, 0.29) is 0 Å². The third-order valence-corrected chi connectivity index (χ3v) is 2.84. The molecule has 1 unspecified atom stereocenters. The lowest BCUT2D eigenvalue weighted by Gasteiger charge is -2.09. The van der Waals surface area contributed by atoms with Crippen molar-refractivity contribution in [2.75, 3.05) is 13.7 Å². The Morgan fingerprint density at radius 2 is 1.43 bits per heavy atom. The van der Waals surface area contributed by atoms with Crippen LogP contribution in [0.4, 0.5) is 4.79 Å². The highest BCUT2D eigenvalue weighted by Gasteiger charge is 2.18. The Hall–Kier alpha value is -2.86. The van der Waals surface area contributed by atoms with Gasteiger partial charge in [-0.2, -0.15) is 0 Å². The average molecular weight is 317 g/mol. The molecule has 0 saturated heterocycles. The predicted molar refractivity (Wildman–Crippen MR) is 85.9 cm³/mol. The molecule has 0 spiro atoms. The van der Waals surface area contributed by atoms with E-state index in [0.717, 1.165) is 7.11 Å². The van der Waals surface area contributed by atoms with E-state index < -0.39 is 24.7 Å². The maximum atomic E-state index is 10.4. The molecule has 1 amide bonds. The lowest BCUT2D eigenvalue weighted by molar-refractivity contribution is -0.140. The maximum absolute atomic E-state index is 10.4. The number of methoxy groups -OCH3 is 1. The van der Waals surface area contributed by atoms with Gasteiger partial charge >= 0.3 is 12.1 Å². The Bertz CT molecular complexity index is 563. The minimum absolute atomic E-state index is 0.662. The van der Waals surface area contributed by atoms with Crippen LogP contribution in [0.15, 0.2) is 60.7 Å². The summed E-state index contributed by atoms with van der Waals surface area (Å²) in [4.78, 5) is 20.5. The number of carbonyl (C=O) groups is 2. The Labute approximate surface area is 134 Å². The van der Waals surface area contributed by atoms with E-state index >= 15 is 0 Å². The molecule has 0 aliphatic heterocycles. The summed E-state index contributed by atoms with van der Waals surface area (Å²) in [5.41, 5.74) is 2.55. The quantitative estimate of drug-likeness (QED) is 0.803. The monoisotopic (exact) mass is 317 g/mol. The van der Waals surface area contributed by atoms with Crippen LogP contribution in [0.5, 0.6) is 0 Å². The van der Waals surface area contributed by atoms with Gasteiger partial charge in [-0.3, -0.25) is 0 Å². The van der Waals surface area contributed by atoms with Gasteiger partial charge in [-0.05, 0) is 11.1 Å². The minimum Gasteiger partial charge on any atom is -0.480 e. The molecule has 0 radical (unpaired) electrons. The van der Waals surface area contributed by atoms with Gasteiger partial charge in [0.25, 0.3) is 0 Å². The molecule has 0 aliphatic rings. The standard InChI is InChI=1S/C12H10.C5H9NO5/c1-3-7-11(8-4-1)12-9-5-2-6-10-12;1-11-5(10)6-3(2-7)4(8)9/h1-10H;3,7H,2H2,1H3,(H,6,10)(H,8,9). The largest absolute Gasteiger partial charge is 0.480 e. The summed E-state index contributed by atoms with van der Waals surface area (Å²) < 4.78 is 4.11. The second kappa shape index (κ2) is 9.97. The van der Waals surface area contributed by atoms with Gasteiger partial charge in [0.1, 0.15) is 0 Å². The molecule has 6 heteroatoms. The predicted octanol–water partition coefficient (Wildman–Crippen LogP) is 2.14. The molecule has 1 atom stereocenters. The number of aliphatic hydroxyl groups is 1. The van der Waals surface area contributed by atoms with Crippen LogP contribution in [0, 0.1) is 0 Å². The Morgan fingerprint density at radius 1 is 1.00 bits per heavy atom. The van der Waals surface area contributed by atoms with E-state index in [2.05, 4.69) is 53.3 Å². The first kappa shape index (κ1) is 18.2. The van der Waals surface area contributed by atoms with Crippen LogP contribution < -0.4 is 5.32 Å². The second-order valence-corrected chi connectivity index (χ2v) is 4.44. The summed E-state index contributed by atoms with van der Waals surface area (Å²) in [6.07, 6.45) is -0.883. The molecule has 23 heavy (non-hydrogen) atoms. The molecular weight excluding hydrogens is 298 g/mol. The highest BCUT2D eigenvalue weighted by molar-refractivity contribution is 5.79. The number of hydrogen-bond acceptors (Lipinski definition) is 4. The summed E-state index contributed by atoms with van der Waals surface area (Å²) >= 11 is 0. The number of nitrogens with one attached hydrogen (secondary N) is 1. The molecule has 0 saturated carbocycles. The Morgan fingerprint density at radius 3 is 1.74 bits per heavy atom. The van der Waals surface area contributed by atoms with Gasteiger partial charge in [-0.15, -0.1) is 0 Å². The number of alkyl carbamates (subject to hydrolysis) is 1. The molecule has 0 fully saturated rings. The molecule has 0 aliphatic carbocycles. The van der Waals surface area contributed by atoms with Crippen molar-refractivity contribution in [2.24, 2.45) is 0 Å². The van der Waals surface area contributed by atoms with E-state index in [1.807, 2.05) is 17.4 Å². The third-order valence-electron chi connectivity index (χ3n) is 2.84. The molecule has 0 aromatic heterocycles. The lowest BCUT2D eigenvalue weighted by atomic mass is 10.1. The first-order chi connectivity index (χ1) is 11.1. The number of ether oxygens (including phenoxy) is 1. The van der Waals surface area contributed by atoms with Crippen LogP contribution in [-0.4, -0.2) is 42.0 Å². The number of carboxylic acids is 1. The zero-order valence-electron chi connectivity index (χ0n) is 12.7. The summed E-state index contributed by atoms with van der Waals surface area (Å²) in [5, 5.41) is 18.6. The van der Waals surface area contributed by atoms with E-state index in [4.69, 9.17) is 10.2 Å². The molecule has 6 nitrogen and oxygen atoms in total. The van der Waals surface area contributed by atoms with Crippen molar-refractivity contribution in [3.8, 4) is 11.1 Å². The number of aliphatic carboxylic acids is 1. The van der Waals surface area contributed by atoms with Crippen LogP contribution in [0.2, 0.25) is 0 Å². The number of carbonyl (C=O) groups excluding carboxylic acids is 1. The van der Waals surface area contributed by atoms with Crippen molar-refractivity contribution in [3.05, 3.63) is 60.7 Å². The Kier molecular flexibility index (Phi) is 7.88. The van der Waals surface area contributed by atoms with Gasteiger partial charge < -0.3 is 20.3 Å². The number of amides is 1. The molecule has 0 bridgehead atoms. The fourth-order valence-electron chi connectivity index (χ4n) is 1.65. The molecule has 122 valence electrons. The molecule has 2 aromatic rings. The maximum Gasteiger partial charge on any atom is 0.407 e. The van der Waals surface area contributed by atoms with E-state index in [0.29, 0.717) is 0 Å². The van der Waals surface area contributed by atoms with E-state index in [1.54, 1.807) is 0 Å². The first-order valence-electron chi connectivity index (χ1n) is 6.87. The van der Waals surface area contributed by atoms with E-state index in [9.17, 15) is 9.59 Å². The smallest absolute Gasteiger partial charge is 0.407 e. The molecule has 3 N–H and O–H groups in total. The number of aliphatic hydroxyl groups excluding tert-OH is 1. The van der Waals surface area contributed by atoms with Crippen LogP contribution in [0.25, 0.3) is 11.1 Å². The number of carboxylic acid groups (broad SMARTS) is 1. The SMILES string of the molecule is COC(=O)NC(CO)C(=O)O.c1ccc(-c2ccccc2)cc1. The van der Waals surface area contributed by atoms with Gasteiger partial charge in [-0.25, -0.2) is 9.59 Å². The number of benzene rings is 2. The molecule has 2 rings (SSSR count). The summed E-state index contributed by atoms with van der Waals surface area (Å²) in [6, 6.07) is 19.5. The first-order valence-corrected chi connectivity index (χ1v) is 6.87. The third kappa shape index (κ3) is 6.62. The van der Waals surface area contributed by atoms with Crippen molar-refractivity contribution in [2.45, 2.75) is 6.04 Å². The highest BCUT2D eigenvalue weighted by Crippen LogP contribution is 2.17. The van der Waals surface area contributed by atoms with Gasteiger partial charge in [0.2, 0.25) is 0 Å². The minimum atomic E-state index is -1.31. The van der Waals surface area contributed by atoms with Crippen molar-refractivity contribution < 1.29 is 24.5 Å². The summed E-state index contributed by atoms with van der Waals surface area (Å²) in [6.45, 7) is -0.662. The second-order valence-electron chi connectivity index (χ2n) is 4.44. The fraction of sp³-hybridized carbons (Fsp3) is 0.176. The van der Waals surface area contributed by atoms with Gasteiger partial charge in [0.05, 0.1) is 13.7 Å². The van der Waals surface area contributed by atoms with Crippen LogP contribution in [0.3, 0.4) is 0 Å². The number of hydrogen-bond donors (Lipinski definition) is 3. The lowest BCUT2D eigenvalue weighted by Crippen LogP contribution is -2.43. The normalized spacial score (nSPS) is 10.7. The van der Waals surface area contributed by atoms with Gasteiger partial charge in [0, 0.05) is 0 Å². The van der Waals surface area contributed by atoms with Crippen molar-refractivity contribution in [3.63, 3.8) is 0 Å². The molecule has 2 aromatic carbocycles. The average Bonchev–Trinajstić information content (AvgIpc) is 2.61. The summed E-state index contributed by atoms with van der Waals surface area (Å²) in [5.74, 6) is -1.31. The van der Waals surface area contributed by atoms with Crippen molar-refractivity contribution in [1.29, 1.82) is 0 Å². The molecule has 0 heterocycles. The highest BCUT2D eigenvalue weighted by atomic mass is 16.5. The van der Waals surface area contributed by atoms with Crippen LogP contribution in [-0.2, 0) is 9.53 Å². The van der Waals surface area contributed by atoms with Crippen molar-refractivity contribution >= 4 is 12.1 Å². The van der Waals surface area contributed by atoms with Crippen molar-refractivity contribution in [1.82, 2.24) is 5.32 Å². The zero-order chi connectivity index (χ0) is 17.1. The van der Waals surface area contributed by atoms with Crippen LogP contribution in [0.1, 0.15) is 0 Å².